The van der Waals surface area contributed by atoms with Gasteiger partial charge >= 0.3 is 6.36 Å². The highest BCUT2D eigenvalue weighted by Gasteiger charge is 2.31. The Bertz CT molecular complexity index is 994. The molecule has 3 aromatic rings. The Kier molecular flexibility index (Phi) is 5.17. The van der Waals surface area contributed by atoms with E-state index in [-0.39, 0.29) is 11.8 Å². The molecule has 0 radical (unpaired) electrons. The lowest BCUT2D eigenvalue weighted by Gasteiger charge is -2.10. The summed E-state index contributed by atoms with van der Waals surface area (Å²) in [4.78, 5) is 5.87. The molecule has 1 atom stereocenters. The Morgan fingerprint density at radius 3 is 2.18 bits per heavy atom. The van der Waals surface area contributed by atoms with Crippen molar-refractivity contribution >= 4 is 28.6 Å². The molecule has 2 heterocycles. The predicted molar refractivity (Wildman–Crippen MR) is 106 cm³/mol. The van der Waals surface area contributed by atoms with Crippen LogP contribution in [-0.4, -0.2) is 12.1 Å². The van der Waals surface area contributed by atoms with E-state index in [4.69, 9.17) is 16.6 Å². The molecule has 7 heteroatoms. The molecule has 28 heavy (non-hydrogen) atoms. The van der Waals surface area contributed by atoms with Gasteiger partial charge in [-0.05, 0) is 53.1 Å². The van der Waals surface area contributed by atoms with E-state index in [1.54, 1.807) is 23.5 Å². The van der Waals surface area contributed by atoms with E-state index in [0.717, 1.165) is 45.1 Å². The zero-order chi connectivity index (χ0) is 19.7. The van der Waals surface area contributed by atoms with Crippen LogP contribution < -0.4 is 4.74 Å². The van der Waals surface area contributed by atoms with Crippen molar-refractivity contribution in [2.24, 2.45) is 4.99 Å². The fourth-order valence-electron chi connectivity index (χ4n) is 3.25. The number of halogens is 4. The SMILES string of the molecule is FC(F)(F)Oc1ccc(-c2ccc(C3CCC(c4sccc4Cl)=N3)cc2)cc1. The maximum atomic E-state index is 12.3. The number of alkyl halides is 3. The van der Waals surface area contributed by atoms with Gasteiger partial charge < -0.3 is 4.74 Å². The van der Waals surface area contributed by atoms with E-state index in [0.29, 0.717) is 0 Å². The number of nitrogens with zero attached hydrogens (tertiary/aromatic N) is 1. The molecule has 2 aromatic carbocycles. The van der Waals surface area contributed by atoms with Crippen molar-refractivity contribution in [3.63, 3.8) is 0 Å². The fourth-order valence-corrected chi connectivity index (χ4v) is 4.44. The second kappa shape index (κ2) is 7.60. The van der Waals surface area contributed by atoms with E-state index in [1.807, 2.05) is 35.7 Å². The fraction of sp³-hybridized carbons (Fsp3) is 0.190. The second-order valence-electron chi connectivity index (χ2n) is 6.42. The molecule has 0 saturated carbocycles. The van der Waals surface area contributed by atoms with Crippen LogP contribution >= 0.6 is 22.9 Å². The molecule has 0 N–H and O–H groups in total. The molecule has 0 saturated heterocycles. The third-order valence-corrected chi connectivity index (χ3v) is 5.95. The van der Waals surface area contributed by atoms with Gasteiger partial charge in [0.25, 0.3) is 0 Å². The van der Waals surface area contributed by atoms with E-state index < -0.39 is 6.36 Å². The van der Waals surface area contributed by atoms with Gasteiger partial charge in [-0.15, -0.1) is 24.5 Å². The molecule has 1 aliphatic rings. The highest BCUT2D eigenvalue weighted by molar-refractivity contribution is 7.12. The molecule has 1 aliphatic heterocycles. The average molecular weight is 422 g/mol. The largest absolute Gasteiger partial charge is 0.573 e. The lowest BCUT2D eigenvalue weighted by atomic mass is 9.99. The standard InChI is InChI=1S/C21H15ClF3NOS/c22-17-11-12-28-20(17)19-10-9-18(26-19)15-3-1-13(2-4-15)14-5-7-16(8-6-14)27-21(23,24)25/h1-8,11-12,18H,9-10H2. The lowest BCUT2D eigenvalue weighted by molar-refractivity contribution is -0.274. The van der Waals surface area contributed by atoms with Crippen LogP contribution in [0, 0.1) is 0 Å². The Morgan fingerprint density at radius 2 is 1.61 bits per heavy atom. The van der Waals surface area contributed by atoms with Crippen LogP contribution in [0.1, 0.15) is 29.3 Å². The minimum atomic E-state index is -4.68. The van der Waals surface area contributed by atoms with Crippen LogP contribution in [0.5, 0.6) is 5.75 Å². The van der Waals surface area contributed by atoms with Crippen LogP contribution in [0.25, 0.3) is 11.1 Å². The molecule has 0 amide bonds. The van der Waals surface area contributed by atoms with E-state index in [2.05, 4.69) is 4.74 Å². The average Bonchev–Trinajstić information content (AvgIpc) is 3.30. The van der Waals surface area contributed by atoms with Gasteiger partial charge in [-0.25, -0.2) is 0 Å². The summed E-state index contributed by atoms with van der Waals surface area (Å²) in [5.41, 5.74) is 3.91. The minimum Gasteiger partial charge on any atom is -0.406 e. The normalized spacial score (nSPS) is 16.9. The van der Waals surface area contributed by atoms with E-state index >= 15 is 0 Å². The van der Waals surface area contributed by atoms with Crippen molar-refractivity contribution in [1.82, 2.24) is 0 Å². The van der Waals surface area contributed by atoms with Gasteiger partial charge in [-0.3, -0.25) is 4.99 Å². The molecule has 0 fully saturated rings. The van der Waals surface area contributed by atoms with Gasteiger partial charge in [0.05, 0.1) is 21.7 Å². The van der Waals surface area contributed by atoms with Crippen molar-refractivity contribution in [3.05, 3.63) is 75.4 Å². The molecule has 1 aromatic heterocycles. The van der Waals surface area contributed by atoms with Gasteiger partial charge in [-0.1, -0.05) is 48.0 Å². The van der Waals surface area contributed by atoms with Crippen molar-refractivity contribution in [2.75, 3.05) is 0 Å². The van der Waals surface area contributed by atoms with Crippen molar-refractivity contribution < 1.29 is 17.9 Å². The third-order valence-electron chi connectivity index (χ3n) is 4.56. The Hall–Kier alpha value is -2.31. The molecular formula is C21H15ClF3NOS. The van der Waals surface area contributed by atoms with Gasteiger partial charge in [0, 0.05) is 0 Å². The molecule has 0 spiro atoms. The minimum absolute atomic E-state index is 0.102. The van der Waals surface area contributed by atoms with Gasteiger partial charge in [0.15, 0.2) is 0 Å². The number of aliphatic imine (C=N–C) groups is 1. The van der Waals surface area contributed by atoms with Crippen LogP contribution in [0.4, 0.5) is 13.2 Å². The molecule has 4 rings (SSSR count). The first-order valence-electron chi connectivity index (χ1n) is 8.65. The van der Waals surface area contributed by atoms with E-state index in [1.165, 1.54) is 12.1 Å². The van der Waals surface area contributed by atoms with Crippen LogP contribution in [0.15, 0.2) is 65.0 Å². The number of hydrogen-bond donors (Lipinski definition) is 0. The number of thiophene rings is 1. The molecular weight excluding hydrogens is 407 g/mol. The van der Waals surface area contributed by atoms with Crippen molar-refractivity contribution in [3.8, 4) is 16.9 Å². The second-order valence-corrected chi connectivity index (χ2v) is 7.75. The predicted octanol–water partition coefficient (Wildman–Crippen LogP) is 7.29. The summed E-state index contributed by atoms with van der Waals surface area (Å²) in [5, 5.41) is 2.71. The molecule has 0 aliphatic carbocycles. The first-order chi connectivity index (χ1) is 13.4. The zero-order valence-electron chi connectivity index (χ0n) is 14.5. The van der Waals surface area contributed by atoms with Gasteiger partial charge in [0.1, 0.15) is 5.75 Å². The highest BCUT2D eigenvalue weighted by atomic mass is 35.5. The summed E-state index contributed by atoms with van der Waals surface area (Å²) < 4.78 is 40.7. The van der Waals surface area contributed by atoms with Gasteiger partial charge in [-0.2, -0.15) is 0 Å². The maximum absolute atomic E-state index is 12.3. The summed E-state index contributed by atoms with van der Waals surface area (Å²) in [6.45, 7) is 0. The third kappa shape index (κ3) is 4.23. The number of ether oxygens (including phenoxy) is 1. The molecule has 1 unspecified atom stereocenters. The van der Waals surface area contributed by atoms with Gasteiger partial charge in [0.2, 0.25) is 0 Å². The van der Waals surface area contributed by atoms with E-state index in [9.17, 15) is 13.2 Å². The first kappa shape index (κ1) is 19.0. The summed E-state index contributed by atoms with van der Waals surface area (Å²) in [6, 6.07) is 15.8. The first-order valence-corrected chi connectivity index (χ1v) is 9.91. The summed E-state index contributed by atoms with van der Waals surface area (Å²) in [5.74, 6) is -0.229. The van der Waals surface area contributed by atoms with Crippen LogP contribution in [-0.2, 0) is 0 Å². The Morgan fingerprint density at radius 1 is 0.964 bits per heavy atom. The summed E-state index contributed by atoms with van der Waals surface area (Å²) in [6.07, 6.45) is -2.85. The van der Waals surface area contributed by atoms with Crippen molar-refractivity contribution in [2.45, 2.75) is 25.2 Å². The summed E-state index contributed by atoms with van der Waals surface area (Å²) >= 11 is 7.81. The number of benzene rings is 2. The maximum Gasteiger partial charge on any atom is 0.573 e. The molecule has 2 nitrogen and oxygen atoms in total. The van der Waals surface area contributed by atoms with Crippen LogP contribution in [0.2, 0.25) is 5.02 Å². The molecule has 0 bridgehead atoms. The smallest absolute Gasteiger partial charge is 0.406 e. The van der Waals surface area contributed by atoms with Crippen molar-refractivity contribution in [1.29, 1.82) is 0 Å². The Labute approximate surface area is 169 Å². The lowest BCUT2D eigenvalue weighted by Crippen LogP contribution is -2.16. The Balaban J connectivity index is 1.49. The zero-order valence-corrected chi connectivity index (χ0v) is 16.1. The molecule has 144 valence electrons. The van der Waals surface area contributed by atoms with Crippen LogP contribution in [0.3, 0.4) is 0 Å². The summed E-state index contributed by atoms with van der Waals surface area (Å²) in [7, 11) is 0. The quantitative estimate of drug-likeness (QED) is 0.433. The number of rotatable bonds is 4. The highest BCUT2D eigenvalue weighted by Crippen LogP contribution is 2.35. The topological polar surface area (TPSA) is 21.6 Å². The number of hydrogen-bond acceptors (Lipinski definition) is 3. The monoisotopic (exact) mass is 421 g/mol.